The highest BCUT2D eigenvalue weighted by molar-refractivity contribution is 7.51. The first-order valence-corrected chi connectivity index (χ1v) is 17.2. The van der Waals surface area contributed by atoms with Crippen molar-refractivity contribution in [1.29, 1.82) is 0 Å². The van der Waals surface area contributed by atoms with Gasteiger partial charge in [0.25, 0.3) is 5.91 Å². The molecule has 2 unspecified atom stereocenters. The monoisotopic (exact) mass is 694 g/mol. The van der Waals surface area contributed by atoms with Crippen LogP contribution in [0.3, 0.4) is 0 Å². The third-order valence-electron chi connectivity index (χ3n) is 7.61. The molecule has 17 heteroatoms. The van der Waals surface area contributed by atoms with Gasteiger partial charge in [-0.1, -0.05) is 44.2 Å². The molecular formula is C31H43N4O12P. The van der Waals surface area contributed by atoms with Gasteiger partial charge in [0.15, 0.2) is 11.9 Å². The van der Waals surface area contributed by atoms with E-state index in [-0.39, 0.29) is 24.9 Å². The number of nitrogens with two attached hydrogens (primary N) is 1. The molecule has 1 amide bonds. The largest absolute Gasteiger partial charge is 0.493 e. The van der Waals surface area contributed by atoms with Crippen LogP contribution in [0.5, 0.6) is 5.88 Å². The van der Waals surface area contributed by atoms with E-state index in [0.29, 0.717) is 19.3 Å². The number of aliphatic hydroxyl groups excluding tert-OH is 2. The summed E-state index contributed by atoms with van der Waals surface area (Å²) in [5.74, 6) is -2.90. The molecular weight excluding hydrogens is 651 g/mol. The molecule has 4 rings (SSSR count). The van der Waals surface area contributed by atoms with E-state index < -0.39 is 80.8 Å². The quantitative estimate of drug-likeness (QED) is 0.117. The molecule has 1 aromatic heterocycles. The van der Waals surface area contributed by atoms with E-state index in [9.17, 15) is 34.3 Å². The van der Waals surface area contributed by atoms with Crippen LogP contribution in [-0.2, 0) is 37.4 Å². The van der Waals surface area contributed by atoms with E-state index in [1.54, 1.807) is 12.2 Å². The number of aromatic nitrogens is 2. The van der Waals surface area contributed by atoms with E-state index >= 15 is 0 Å². The topological polar surface area (TPSA) is 231 Å². The Bertz CT molecular complexity index is 1490. The average Bonchev–Trinajstić information content (AvgIpc) is 3.57. The van der Waals surface area contributed by atoms with Gasteiger partial charge in [0.1, 0.15) is 43.0 Å². The van der Waals surface area contributed by atoms with Crippen LogP contribution in [0.2, 0.25) is 0 Å². The zero-order valence-electron chi connectivity index (χ0n) is 26.8. The molecule has 1 aromatic rings. The highest BCUT2D eigenvalue weighted by atomic mass is 31.2. The number of rotatable bonds is 17. The van der Waals surface area contributed by atoms with Gasteiger partial charge in [-0.15, -0.1) is 0 Å². The van der Waals surface area contributed by atoms with E-state index in [2.05, 4.69) is 10.1 Å². The maximum Gasteiger partial charge on any atom is 0.459 e. The van der Waals surface area contributed by atoms with Gasteiger partial charge in [-0.3, -0.25) is 23.5 Å². The maximum atomic E-state index is 14.3. The van der Waals surface area contributed by atoms with Gasteiger partial charge in [-0.25, -0.2) is 9.55 Å². The fourth-order valence-corrected chi connectivity index (χ4v) is 6.48. The molecule has 264 valence electrons. The van der Waals surface area contributed by atoms with Crippen LogP contribution in [0, 0.1) is 5.92 Å². The minimum absolute atomic E-state index is 0.0118. The zero-order chi connectivity index (χ0) is 34.8. The molecule has 0 saturated carbocycles. The molecule has 2 aliphatic carbocycles. The molecule has 0 aromatic carbocycles. The Morgan fingerprint density at radius 3 is 2.60 bits per heavy atom. The first-order chi connectivity index (χ1) is 22.9. The summed E-state index contributed by atoms with van der Waals surface area (Å²) in [4.78, 5) is 41.4. The molecule has 48 heavy (non-hydrogen) atoms. The first-order valence-electron chi connectivity index (χ1n) is 15.7. The molecule has 1 fully saturated rings. The lowest BCUT2D eigenvalue weighted by atomic mass is 10.1. The van der Waals surface area contributed by atoms with Crippen molar-refractivity contribution < 1.29 is 57.5 Å². The summed E-state index contributed by atoms with van der Waals surface area (Å²) < 4.78 is 43.1. The van der Waals surface area contributed by atoms with Crippen molar-refractivity contribution in [2.75, 3.05) is 19.8 Å². The number of amides is 1. The number of aromatic hydroxyl groups is 1. The number of nitrogens with zero attached hydrogens (tertiary/aromatic N) is 2. The molecule has 0 radical (unpaired) electrons. The molecule has 0 spiro atoms. The number of hydrogen-bond acceptors (Lipinski definition) is 13. The Morgan fingerprint density at radius 1 is 1.17 bits per heavy atom. The zero-order valence-corrected chi connectivity index (χ0v) is 27.7. The van der Waals surface area contributed by atoms with Gasteiger partial charge in [-0.05, 0) is 43.3 Å². The number of aliphatic hydroxyl groups is 2. The number of imidazole rings is 1. The molecule has 1 saturated heterocycles. The van der Waals surface area contributed by atoms with Gasteiger partial charge in [0.05, 0.1) is 19.6 Å². The lowest BCUT2D eigenvalue weighted by molar-refractivity contribution is -0.152. The number of primary amides is 1. The van der Waals surface area contributed by atoms with Crippen molar-refractivity contribution in [2.24, 2.45) is 11.7 Å². The third kappa shape index (κ3) is 10.1. The molecule has 2 heterocycles. The standard InChI is InChI=1S/C31H43N4O12P/c1-19(2)13-14-43-31(41)22(15-24(36)44-16-20-9-5-3-6-10-20)34-48(42,47-21-11-7-4-8-12-21)45-17-23-26(37)27(38)30(46-23)35-18-33-25(28(32)39)29(35)40/h4-5,7,9-11,18-19,22-23,26-27,30,37-38,40H,3,6,8,12-17H2,1-2H3,(H2,32,39)(H,34,42)/t22-,23?,26+,27+,30+,48?/m0/s1. The molecule has 1 aliphatic heterocycles. The molecule has 6 N–H and O–H groups in total. The summed E-state index contributed by atoms with van der Waals surface area (Å²) in [7, 11) is -4.55. The number of carbonyl (C=O) groups is 3. The minimum atomic E-state index is -4.55. The Kier molecular flexibility index (Phi) is 13.2. The van der Waals surface area contributed by atoms with Crippen LogP contribution >= 0.6 is 7.75 Å². The second-order valence-electron chi connectivity index (χ2n) is 11.9. The van der Waals surface area contributed by atoms with Crippen LogP contribution in [0.25, 0.3) is 0 Å². The fourth-order valence-electron chi connectivity index (χ4n) is 4.92. The number of allylic oxidation sites excluding steroid dienone is 6. The van der Waals surface area contributed by atoms with Crippen LogP contribution < -0.4 is 10.8 Å². The molecule has 3 aliphatic rings. The van der Waals surface area contributed by atoms with Crippen LogP contribution in [0.4, 0.5) is 0 Å². The van der Waals surface area contributed by atoms with Gasteiger partial charge in [-0.2, -0.15) is 5.09 Å². The Labute approximate surface area is 277 Å². The van der Waals surface area contributed by atoms with E-state index in [1.807, 2.05) is 38.2 Å². The van der Waals surface area contributed by atoms with E-state index in [0.717, 1.165) is 29.3 Å². The normalized spacial score (nSPS) is 24.0. The van der Waals surface area contributed by atoms with Crippen molar-refractivity contribution >= 4 is 25.6 Å². The number of ether oxygens (including phenoxy) is 3. The van der Waals surface area contributed by atoms with Gasteiger partial charge < -0.3 is 39.8 Å². The fraction of sp³-hybridized carbons (Fsp3) is 0.548. The maximum absolute atomic E-state index is 14.3. The van der Waals surface area contributed by atoms with Crippen molar-refractivity contribution in [3.63, 3.8) is 0 Å². The van der Waals surface area contributed by atoms with E-state index in [1.165, 1.54) is 0 Å². The number of esters is 2. The summed E-state index contributed by atoms with van der Waals surface area (Å²) in [6, 6.07) is -1.52. The van der Waals surface area contributed by atoms with Crippen molar-refractivity contribution in [1.82, 2.24) is 14.6 Å². The summed E-state index contributed by atoms with van der Waals surface area (Å²) in [6.45, 7) is 3.28. The van der Waals surface area contributed by atoms with Crippen molar-refractivity contribution in [3.8, 4) is 5.88 Å². The highest BCUT2D eigenvalue weighted by Gasteiger charge is 2.47. The number of carbonyl (C=O) groups excluding carboxylic acids is 3. The van der Waals surface area contributed by atoms with Crippen molar-refractivity contribution in [2.45, 2.75) is 83.0 Å². The summed E-state index contributed by atoms with van der Waals surface area (Å²) in [5.41, 5.74) is 5.52. The lowest BCUT2D eigenvalue weighted by Crippen LogP contribution is -2.40. The van der Waals surface area contributed by atoms with Gasteiger partial charge >= 0.3 is 19.7 Å². The Balaban J connectivity index is 1.51. The predicted octanol–water partition coefficient (Wildman–Crippen LogP) is 2.44. The first kappa shape index (κ1) is 37.0. The van der Waals surface area contributed by atoms with Crippen LogP contribution in [0.1, 0.15) is 69.1 Å². The molecule has 0 bridgehead atoms. The highest BCUT2D eigenvalue weighted by Crippen LogP contribution is 2.49. The number of nitrogens with one attached hydrogen (secondary N) is 1. The second-order valence-corrected chi connectivity index (χ2v) is 13.6. The molecule has 6 atom stereocenters. The third-order valence-corrected chi connectivity index (χ3v) is 9.21. The molecule has 16 nitrogen and oxygen atoms in total. The summed E-state index contributed by atoms with van der Waals surface area (Å²) in [5, 5.41) is 34.3. The van der Waals surface area contributed by atoms with Crippen LogP contribution in [0.15, 0.2) is 54.1 Å². The SMILES string of the molecule is CC(C)CCOC(=O)[C@H](CC(=O)OCC1=CCCC=C1)NP(=O)(OCC1O[C@@H](n2cnc(C(N)=O)c2O)[C@H](O)[C@@H]1O)OC1=CC=CCC1. The average molecular weight is 695 g/mol. The second kappa shape index (κ2) is 17.0. The lowest BCUT2D eigenvalue weighted by Gasteiger charge is -2.27. The van der Waals surface area contributed by atoms with Gasteiger partial charge in [0, 0.05) is 6.42 Å². The Morgan fingerprint density at radius 2 is 1.96 bits per heavy atom. The summed E-state index contributed by atoms with van der Waals surface area (Å²) in [6.07, 6.45) is 8.41. The van der Waals surface area contributed by atoms with Crippen molar-refractivity contribution in [3.05, 3.63) is 59.8 Å². The van der Waals surface area contributed by atoms with Crippen LogP contribution in [-0.4, -0.2) is 86.9 Å². The predicted molar refractivity (Wildman–Crippen MR) is 169 cm³/mol. The number of hydrogen-bond donors (Lipinski definition) is 5. The smallest absolute Gasteiger partial charge is 0.459 e. The Hall–Kier alpha value is -3.79. The minimum Gasteiger partial charge on any atom is -0.493 e. The summed E-state index contributed by atoms with van der Waals surface area (Å²) >= 11 is 0. The van der Waals surface area contributed by atoms with E-state index in [4.69, 9.17) is 29.0 Å². The van der Waals surface area contributed by atoms with Gasteiger partial charge in [0.2, 0.25) is 5.88 Å².